The zero-order chi connectivity index (χ0) is 34.5. The molecule has 2 aromatic carbocycles. The zero-order valence-electron chi connectivity index (χ0n) is 29.0. The number of ether oxygens (including phenoxy) is 5. The van der Waals surface area contributed by atoms with E-state index >= 15 is 0 Å². The summed E-state index contributed by atoms with van der Waals surface area (Å²) in [5.74, 6) is 0.507. The minimum atomic E-state index is -0.688. The van der Waals surface area contributed by atoms with Crippen LogP contribution in [0.15, 0.2) is 60.7 Å². The average molecular weight is 635 g/mol. The van der Waals surface area contributed by atoms with E-state index in [2.05, 4.69) is 0 Å². The van der Waals surface area contributed by atoms with Crippen LogP contribution in [0.5, 0.6) is 17.2 Å². The summed E-state index contributed by atoms with van der Waals surface area (Å²) in [6.07, 6.45) is 12.2. The maximum absolute atomic E-state index is 13.3. The quantitative estimate of drug-likeness (QED) is 0.0633. The Bertz CT molecular complexity index is 1410. The fraction of sp³-hybridized carbons (Fsp3) is 0.447. The summed E-state index contributed by atoms with van der Waals surface area (Å²) in [6, 6.07) is 8.61. The SMILES string of the molecule is CC=CCc1cc(CC=CC)c(OC(C)C)c(C=CC(=O)c2ccc(OCOC(=O)C(C)(C)C)cc2)c1OCOC(=O)C(C)(C)C. The Kier molecular flexibility index (Phi) is 14.3. The van der Waals surface area contributed by atoms with Crippen molar-refractivity contribution in [2.24, 2.45) is 10.8 Å². The van der Waals surface area contributed by atoms with Crippen LogP contribution in [0, 0.1) is 10.8 Å². The summed E-state index contributed by atoms with van der Waals surface area (Å²) in [4.78, 5) is 37.8. The van der Waals surface area contributed by atoms with E-state index in [4.69, 9.17) is 23.7 Å². The maximum Gasteiger partial charge on any atom is 0.314 e. The zero-order valence-corrected chi connectivity index (χ0v) is 29.0. The average Bonchev–Trinajstić information content (AvgIpc) is 2.98. The van der Waals surface area contributed by atoms with Gasteiger partial charge in [0.1, 0.15) is 17.2 Å². The molecule has 0 aliphatic rings. The van der Waals surface area contributed by atoms with Gasteiger partial charge in [-0.3, -0.25) is 14.4 Å². The summed E-state index contributed by atoms with van der Waals surface area (Å²) in [6.45, 7) is 17.9. The molecule has 0 aliphatic heterocycles. The first-order valence-electron chi connectivity index (χ1n) is 15.6. The molecule has 0 radical (unpaired) electrons. The van der Waals surface area contributed by atoms with E-state index in [9.17, 15) is 14.4 Å². The van der Waals surface area contributed by atoms with Crippen molar-refractivity contribution in [3.8, 4) is 17.2 Å². The Hall–Kier alpha value is -4.33. The highest BCUT2D eigenvalue weighted by Crippen LogP contribution is 2.39. The highest BCUT2D eigenvalue weighted by Gasteiger charge is 2.25. The number of benzene rings is 2. The largest absolute Gasteiger partial charge is 0.490 e. The molecule has 0 aromatic heterocycles. The first-order valence-corrected chi connectivity index (χ1v) is 15.6. The molecule has 2 aromatic rings. The summed E-state index contributed by atoms with van der Waals surface area (Å²) in [5, 5.41) is 0. The molecule has 46 heavy (non-hydrogen) atoms. The molecule has 0 heterocycles. The first-order chi connectivity index (χ1) is 21.6. The van der Waals surface area contributed by atoms with Gasteiger partial charge in [0.25, 0.3) is 0 Å². The molecular formula is C38H50O8. The van der Waals surface area contributed by atoms with Crippen LogP contribution in [0.4, 0.5) is 0 Å². The molecule has 0 aliphatic carbocycles. The minimum absolute atomic E-state index is 0.157. The van der Waals surface area contributed by atoms with E-state index in [1.54, 1.807) is 71.9 Å². The molecule has 250 valence electrons. The van der Waals surface area contributed by atoms with Crippen molar-refractivity contribution >= 4 is 23.8 Å². The smallest absolute Gasteiger partial charge is 0.314 e. The van der Waals surface area contributed by atoms with Crippen molar-refractivity contribution in [1.29, 1.82) is 0 Å². The van der Waals surface area contributed by atoms with Crippen LogP contribution in [-0.4, -0.2) is 37.4 Å². The van der Waals surface area contributed by atoms with Crippen molar-refractivity contribution < 1.29 is 38.1 Å². The predicted octanol–water partition coefficient (Wildman–Crippen LogP) is 8.46. The molecule has 0 fully saturated rings. The Morgan fingerprint density at radius 1 is 0.739 bits per heavy atom. The summed E-state index contributed by atoms with van der Waals surface area (Å²) < 4.78 is 28.6. The highest BCUT2D eigenvalue weighted by atomic mass is 16.7. The lowest BCUT2D eigenvalue weighted by molar-refractivity contribution is -0.160. The standard InChI is InChI=1S/C38H50O8/c1-11-13-15-28-23-29(16-14-12-2)34(46-26(3)4)31(33(28)43-25-45-36(41)38(8,9)10)21-22-32(39)27-17-19-30(20-18-27)42-24-44-35(40)37(5,6)7/h11-14,17-23,26H,15-16,24-25H2,1-10H3. The third-order valence-electron chi connectivity index (χ3n) is 6.50. The fourth-order valence-corrected chi connectivity index (χ4v) is 3.98. The van der Waals surface area contributed by atoms with E-state index in [0.717, 1.165) is 11.1 Å². The second kappa shape index (κ2) is 17.4. The molecule has 0 amide bonds. The molecule has 8 nitrogen and oxygen atoms in total. The number of allylic oxidation sites excluding steroid dienone is 5. The van der Waals surface area contributed by atoms with Crippen molar-refractivity contribution in [2.45, 2.75) is 88.2 Å². The van der Waals surface area contributed by atoms with E-state index in [1.807, 2.05) is 58.1 Å². The van der Waals surface area contributed by atoms with Crippen molar-refractivity contribution in [2.75, 3.05) is 13.6 Å². The highest BCUT2D eigenvalue weighted by molar-refractivity contribution is 6.07. The monoisotopic (exact) mass is 634 g/mol. The molecule has 0 N–H and O–H groups in total. The molecule has 0 bridgehead atoms. The number of carbonyl (C=O) groups excluding carboxylic acids is 3. The van der Waals surface area contributed by atoms with Gasteiger partial charge in [0.05, 0.1) is 22.5 Å². The number of carbonyl (C=O) groups is 3. The predicted molar refractivity (Wildman–Crippen MR) is 181 cm³/mol. The lowest BCUT2D eigenvalue weighted by Gasteiger charge is -2.23. The Morgan fingerprint density at radius 3 is 1.72 bits per heavy atom. The van der Waals surface area contributed by atoms with Gasteiger partial charge in [0.2, 0.25) is 13.6 Å². The second-order valence-electron chi connectivity index (χ2n) is 13.1. The Balaban J connectivity index is 2.49. The molecular weight excluding hydrogens is 584 g/mol. The van der Waals surface area contributed by atoms with E-state index < -0.39 is 16.8 Å². The lowest BCUT2D eigenvalue weighted by Crippen LogP contribution is -2.25. The van der Waals surface area contributed by atoms with Gasteiger partial charge < -0.3 is 23.7 Å². The van der Waals surface area contributed by atoms with Crippen molar-refractivity contribution in [1.82, 2.24) is 0 Å². The van der Waals surface area contributed by atoms with Crippen molar-refractivity contribution in [3.05, 3.63) is 83.0 Å². The summed E-state index contributed by atoms with van der Waals surface area (Å²) in [7, 11) is 0. The number of ketones is 1. The minimum Gasteiger partial charge on any atom is -0.490 e. The van der Waals surface area contributed by atoms with Gasteiger partial charge in [-0.05, 0) is 136 Å². The van der Waals surface area contributed by atoms with E-state index in [-0.39, 0.29) is 31.4 Å². The van der Waals surface area contributed by atoms with Gasteiger partial charge in [-0.25, -0.2) is 0 Å². The van der Waals surface area contributed by atoms with Crippen LogP contribution in [0.2, 0.25) is 0 Å². The Morgan fingerprint density at radius 2 is 1.24 bits per heavy atom. The fourth-order valence-electron chi connectivity index (χ4n) is 3.98. The second-order valence-corrected chi connectivity index (χ2v) is 13.1. The Labute approximate surface area is 274 Å². The van der Waals surface area contributed by atoms with Crippen molar-refractivity contribution in [3.63, 3.8) is 0 Å². The summed E-state index contributed by atoms with van der Waals surface area (Å²) in [5.41, 5.74) is 1.49. The van der Waals surface area contributed by atoms with Gasteiger partial charge in [0, 0.05) is 5.56 Å². The molecule has 8 heteroatoms. The number of esters is 2. The molecule has 0 unspecified atom stereocenters. The topological polar surface area (TPSA) is 97.4 Å². The molecule has 2 rings (SSSR count). The van der Waals surface area contributed by atoms with Gasteiger partial charge in [-0.1, -0.05) is 24.3 Å². The first kappa shape index (κ1) is 37.9. The van der Waals surface area contributed by atoms with Crippen LogP contribution < -0.4 is 14.2 Å². The van der Waals surface area contributed by atoms with Crippen LogP contribution in [0.1, 0.15) is 96.3 Å². The molecule has 0 atom stereocenters. The molecule has 0 spiro atoms. The number of hydrogen-bond donors (Lipinski definition) is 0. The van der Waals surface area contributed by atoms with E-state index in [1.165, 1.54) is 6.08 Å². The summed E-state index contributed by atoms with van der Waals surface area (Å²) >= 11 is 0. The van der Waals surface area contributed by atoms with Gasteiger partial charge in [-0.15, -0.1) is 0 Å². The molecule has 0 saturated carbocycles. The van der Waals surface area contributed by atoms with Gasteiger partial charge >= 0.3 is 11.9 Å². The molecule has 0 saturated heterocycles. The van der Waals surface area contributed by atoms with Gasteiger partial charge in [0.15, 0.2) is 5.78 Å². The van der Waals surface area contributed by atoms with Crippen LogP contribution in [0.3, 0.4) is 0 Å². The lowest BCUT2D eigenvalue weighted by atomic mass is 9.96. The van der Waals surface area contributed by atoms with Crippen LogP contribution in [-0.2, 0) is 31.9 Å². The van der Waals surface area contributed by atoms with Crippen LogP contribution >= 0.6 is 0 Å². The third-order valence-corrected chi connectivity index (χ3v) is 6.50. The van der Waals surface area contributed by atoms with Gasteiger partial charge in [-0.2, -0.15) is 0 Å². The number of rotatable bonds is 15. The van der Waals surface area contributed by atoms with Crippen LogP contribution in [0.25, 0.3) is 6.08 Å². The maximum atomic E-state index is 13.3. The number of hydrogen-bond acceptors (Lipinski definition) is 8. The third kappa shape index (κ3) is 11.9. The normalized spacial score (nSPS) is 12.2. The van der Waals surface area contributed by atoms with E-state index in [0.29, 0.717) is 41.2 Å².